The molecular formula is C15H14N2O3. The van der Waals surface area contributed by atoms with Crippen molar-refractivity contribution in [3.8, 4) is 11.1 Å². The summed E-state index contributed by atoms with van der Waals surface area (Å²) in [7, 11) is 0. The fourth-order valence-electron chi connectivity index (χ4n) is 2.15. The van der Waals surface area contributed by atoms with Gasteiger partial charge in [0.15, 0.2) is 0 Å². The second kappa shape index (κ2) is 5.63. The molecule has 1 atom stereocenters. The molecule has 2 rings (SSSR count). The summed E-state index contributed by atoms with van der Waals surface area (Å²) in [6.45, 7) is 1.84. The number of aryl methyl sites for hydroxylation is 1. The zero-order chi connectivity index (χ0) is 14.7. The van der Waals surface area contributed by atoms with Crippen molar-refractivity contribution in [2.75, 3.05) is 0 Å². The summed E-state index contributed by atoms with van der Waals surface area (Å²) in [5, 5.41) is 12.0. The topological polar surface area (TPSA) is 92.8 Å². The lowest BCUT2D eigenvalue weighted by molar-refractivity contribution is -0.138. The van der Waals surface area contributed by atoms with Gasteiger partial charge in [0.1, 0.15) is 11.7 Å². The van der Waals surface area contributed by atoms with E-state index in [2.05, 4.69) is 5.18 Å². The number of carboxylic acid groups (broad SMARTS) is 1. The van der Waals surface area contributed by atoms with Gasteiger partial charge in [0.25, 0.3) is 0 Å². The van der Waals surface area contributed by atoms with E-state index >= 15 is 0 Å². The van der Waals surface area contributed by atoms with Crippen LogP contribution in [0, 0.1) is 11.8 Å². The molecule has 0 bridgehead atoms. The Hall–Kier alpha value is -2.53. The molecule has 2 aromatic carbocycles. The Morgan fingerprint density at radius 2 is 1.90 bits per heavy atom. The molecule has 5 nitrogen and oxygen atoms in total. The fourth-order valence-corrected chi connectivity index (χ4v) is 2.15. The van der Waals surface area contributed by atoms with E-state index < -0.39 is 12.0 Å². The van der Waals surface area contributed by atoms with Gasteiger partial charge in [-0.25, -0.2) is 0 Å². The number of hydrogen-bond acceptors (Lipinski definition) is 4. The molecule has 20 heavy (non-hydrogen) atoms. The fraction of sp³-hybridized carbons (Fsp3) is 0.133. The SMILES string of the molecule is Cc1cc(N=O)ccc1-c1ccccc1C(N)C(=O)O. The maximum absolute atomic E-state index is 11.1. The molecule has 0 radical (unpaired) electrons. The van der Waals surface area contributed by atoms with E-state index in [4.69, 9.17) is 10.8 Å². The molecule has 102 valence electrons. The first-order valence-electron chi connectivity index (χ1n) is 6.06. The summed E-state index contributed by atoms with van der Waals surface area (Å²) >= 11 is 0. The van der Waals surface area contributed by atoms with Gasteiger partial charge in [-0.15, -0.1) is 4.91 Å². The van der Waals surface area contributed by atoms with Crippen LogP contribution in [-0.4, -0.2) is 11.1 Å². The van der Waals surface area contributed by atoms with Crippen LogP contribution in [0.1, 0.15) is 17.2 Å². The summed E-state index contributed by atoms with van der Waals surface area (Å²) < 4.78 is 0. The average molecular weight is 270 g/mol. The highest BCUT2D eigenvalue weighted by atomic mass is 16.4. The molecule has 0 aliphatic rings. The van der Waals surface area contributed by atoms with Gasteiger partial charge in [-0.05, 0) is 46.5 Å². The predicted molar refractivity (Wildman–Crippen MR) is 76.6 cm³/mol. The highest BCUT2D eigenvalue weighted by Crippen LogP contribution is 2.31. The average Bonchev–Trinajstić information content (AvgIpc) is 2.46. The second-order valence-corrected chi connectivity index (χ2v) is 4.49. The van der Waals surface area contributed by atoms with Crippen LogP contribution in [0.4, 0.5) is 5.69 Å². The van der Waals surface area contributed by atoms with Gasteiger partial charge in [-0.3, -0.25) is 4.79 Å². The summed E-state index contributed by atoms with van der Waals surface area (Å²) in [6, 6.07) is 11.0. The van der Waals surface area contributed by atoms with E-state index in [1.165, 1.54) is 0 Å². The number of benzene rings is 2. The number of nitrogens with zero attached hydrogens (tertiary/aromatic N) is 1. The van der Waals surface area contributed by atoms with Gasteiger partial charge in [0.05, 0.1) is 0 Å². The van der Waals surface area contributed by atoms with Gasteiger partial charge >= 0.3 is 5.97 Å². The lowest BCUT2D eigenvalue weighted by atomic mass is 9.92. The van der Waals surface area contributed by atoms with Gasteiger partial charge in [-0.1, -0.05) is 30.3 Å². The molecule has 0 heterocycles. The van der Waals surface area contributed by atoms with Crippen LogP contribution in [0.2, 0.25) is 0 Å². The molecule has 0 fully saturated rings. The molecule has 0 amide bonds. The summed E-state index contributed by atoms with van der Waals surface area (Å²) in [4.78, 5) is 21.6. The van der Waals surface area contributed by atoms with Crippen LogP contribution >= 0.6 is 0 Å². The highest BCUT2D eigenvalue weighted by molar-refractivity contribution is 5.81. The molecule has 1 unspecified atom stereocenters. The van der Waals surface area contributed by atoms with Crippen molar-refractivity contribution in [2.24, 2.45) is 10.9 Å². The van der Waals surface area contributed by atoms with Crippen molar-refractivity contribution >= 4 is 11.7 Å². The van der Waals surface area contributed by atoms with E-state index in [-0.39, 0.29) is 0 Å². The number of nitroso groups, excluding NO2 is 1. The Bertz CT molecular complexity index is 668. The molecule has 0 spiro atoms. The summed E-state index contributed by atoms with van der Waals surface area (Å²) in [5.41, 5.74) is 9.02. The monoisotopic (exact) mass is 270 g/mol. The maximum atomic E-state index is 11.1. The molecule has 0 aliphatic heterocycles. The number of rotatable bonds is 4. The van der Waals surface area contributed by atoms with Gasteiger partial charge in [0, 0.05) is 0 Å². The van der Waals surface area contributed by atoms with E-state index in [1.807, 2.05) is 19.1 Å². The molecule has 0 saturated heterocycles. The minimum atomic E-state index is -1.09. The first-order valence-corrected chi connectivity index (χ1v) is 6.06. The van der Waals surface area contributed by atoms with E-state index in [1.54, 1.807) is 30.3 Å². The maximum Gasteiger partial charge on any atom is 0.325 e. The Balaban J connectivity index is 2.58. The number of carbonyl (C=O) groups is 1. The van der Waals surface area contributed by atoms with Crippen molar-refractivity contribution in [1.82, 2.24) is 0 Å². The number of nitrogens with two attached hydrogens (primary N) is 1. The Morgan fingerprint density at radius 3 is 2.50 bits per heavy atom. The normalized spacial score (nSPS) is 11.9. The van der Waals surface area contributed by atoms with Gasteiger partial charge in [-0.2, -0.15) is 0 Å². The van der Waals surface area contributed by atoms with Crippen molar-refractivity contribution in [2.45, 2.75) is 13.0 Å². The zero-order valence-electron chi connectivity index (χ0n) is 10.9. The molecule has 0 aliphatic carbocycles. The van der Waals surface area contributed by atoms with Crippen molar-refractivity contribution in [1.29, 1.82) is 0 Å². The quantitative estimate of drug-likeness (QED) is 0.834. The first-order chi connectivity index (χ1) is 9.54. The van der Waals surface area contributed by atoms with E-state index in [0.717, 1.165) is 16.7 Å². The molecule has 2 aromatic rings. The van der Waals surface area contributed by atoms with Crippen molar-refractivity contribution < 1.29 is 9.90 Å². The lowest BCUT2D eigenvalue weighted by Crippen LogP contribution is -2.21. The van der Waals surface area contributed by atoms with Crippen molar-refractivity contribution in [3.05, 3.63) is 58.5 Å². The van der Waals surface area contributed by atoms with Crippen molar-refractivity contribution in [3.63, 3.8) is 0 Å². The number of carboxylic acids is 1. The predicted octanol–water partition coefficient (Wildman–Crippen LogP) is 3.14. The largest absolute Gasteiger partial charge is 0.480 e. The van der Waals surface area contributed by atoms with Crippen LogP contribution in [0.25, 0.3) is 11.1 Å². The standard InChI is InChI=1S/C15H14N2O3/c1-9-8-10(17-20)6-7-11(9)12-4-2-3-5-13(12)14(16)15(18)19/h2-8,14H,16H2,1H3,(H,18,19). The smallest absolute Gasteiger partial charge is 0.325 e. The highest BCUT2D eigenvalue weighted by Gasteiger charge is 2.19. The van der Waals surface area contributed by atoms with Crippen LogP contribution in [0.15, 0.2) is 47.6 Å². The molecule has 0 saturated carbocycles. The molecule has 5 heteroatoms. The lowest BCUT2D eigenvalue weighted by Gasteiger charge is -2.15. The Labute approximate surface area is 116 Å². The van der Waals surface area contributed by atoms with Crippen LogP contribution in [0.5, 0.6) is 0 Å². The van der Waals surface area contributed by atoms with Gasteiger partial charge in [0.2, 0.25) is 0 Å². The first kappa shape index (κ1) is 13.9. The Kier molecular flexibility index (Phi) is 3.91. The van der Waals surface area contributed by atoms with E-state index in [9.17, 15) is 9.70 Å². The zero-order valence-corrected chi connectivity index (χ0v) is 10.9. The summed E-state index contributed by atoms with van der Waals surface area (Å²) in [6.07, 6.45) is 0. The van der Waals surface area contributed by atoms with Crippen LogP contribution in [-0.2, 0) is 4.79 Å². The van der Waals surface area contributed by atoms with Crippen LogP contribution in [0.3, 0.4) is 0 Å². The third-order valence-electron chi connectivity index (χ3n) is 3.17. The molecular weight excluding hydrogens is 256 g/mol. The Morgan fingerprint density at radius 1 is 1.20 bits per heavy atom. The minimum Gasteiger partial charge on any atom is -0.480 e. The third-order valence-corrected chi connectivity index (χ3v) is 3.17. The molecule has 0 aromatic heterocycles. The molecule has 3 N–H and O–H groups in total. The summed E-state index contributed by atoms with van der Waals surface area (Å²) in [5.74, 6) is -1.08. The second-order valence-electron chi connectivity index (χ2n) is 4.49. The van der Waals surface area contributed by atoms with Crippen LogP contribution < -0.4 is 5.73 Å². The third kappa shape index (κ3) is 2.57. The van der Waals surface area contributed by atoms with Gasteiger partial charge < -0.3 is 10.8 Å². The number of aliphatic carboxylic acids is 1. The number of hydrogen-bond donors (Lipinski definition) is 2. The minimum absolute atomic E-state index is 0.339. The van der Waals surface area contributed by atoms with E-state index in [0.29, 0.717) is 11.3 Å².